The number of aryl methyl sites for hydroxylation is 2. The minimum Gasteiger partial charge on any atom is -0.482 e. The highest BCUT2D eigenvalue weighted by Gasteiger charge is 2.33. The molecule has 0 fully saturated rings. The van der Waals surface area contributed by atoms with Crippen molar-refractivity contribution in [3.05, 3.63) is 80.4 Å². The number of carboxylic acid groups (broad SMARTS) is 1. The van der Waals surface area contributed by atoms with Crippen LogP contribution in [-0.2, 0) is 30.5 Å². The van der Waals surface area contributed by atoms with Crippen molar-refractivity contribution in [1.29, 1.82) is 0 Å². The molecular formula is C34H36N2O4. The minimum atomic E-state index is -0.978. The van der Waals surface area contributed by atoms with Gasteiger partial charge in [0.15, 0.2) is 6.61 Å². The number of nitrogens with zero attached hydrogens (tertiary/aromatic N) is 2. The van der Waals surface area contributed by atoms with Gasteiger partial charge in [0.2, 0.25) is 0 Å². The normalized spacial score (nSPS) is 16.6. The van der Waals surface area contributed by atoms with Crippen LogP contribution in [0.5, 0.6) is 17.2 Å². The number of fused-ring (bicyclic) bond motifs is 4. The molecule has 4 aliphatic heterocycles. The fourth-order valence-electron chi connectivity index (χ4n) is 7.06. The molecule has 0 unspecified atom stereocenters. The fourth-order valence-corrected chi connectivity index (χ4v) is 7.06. The summed E-state index contributed by atoms with van der Waals surface area (Å²) in [6.45, 7) is 5.02. The van der Waals surface area contributed by atoms with Gasteiger partial charge in [-0.2, -0.15) is 0 Å². The van der Waals surface area contributed by atoms with Gasteiger partial charge < -0.3 is 19.5 Å². The Bertz CT molecular complexity index is 1620. The first-order valence-corrected chi connectivity index (χ1v) is 14.9. The molecule has 1 N–H and O–H groups in total. The lowest BCUT2D eigenvalue weighted by Gasteiger charge is -2.39. The van der Waals surface area contributed by atoms with Crippen molar-refractivity contribution in [2.45, 2.75) is 64.7 Å². The molecule has 3 aromatic carbocycles. The van der Waals surface area contributed by atoms with Crippen LogP contribution in [0, 0.1) is 0 Å². The van der Waals surface area contributed by atoms with Gasteiger partial charge in [0.1, 0.15) is 17.2 Å². The van der Waals surface area contributed by atoms with Crippen LogP contribution in [0.1, 0.15) is 72.4 Å². The van der Waals surface area contributed by atoms with E-state index in [4.69, 9.17) is 19.6 Å². The molecule has 0 spiro atoms. The highest BCUT2D eigenvalue weighted by molar-refractivity contribution is 5.89. The van der Waals surface area contributed by atoms with E-state index in [1.165, 1.54) is 45.5 Å². The van der Waals surface area contributed by atoms with Crippen molar-refractivity contribution in [3.8, 4) is 17.2 Å². The Morgan fingerprint density at radius 2 is 1.82 bits per heavy atom. The molecule has 7 rings (SSSR count). The highest BCUT2D eigenvalue weighted by atomic mass is 16.5. The molecule has 0 saturated heterocycles. The van der Waals surface area contributed by atoms with E-state index >= 15 is 0 Å². The number of rotatable bonds is 7. The van der Waals surface area contributed by atoms with Gasteiger partial charge in [0.05, 0.1) is 5.36 Å². The predicted molar refractivity (Wildman–Crippen MR) is 156 cm³/mol. The summed E-state index contributed by atoms with van der Waals surface area (Å²) in [6, 6.07) is 12.6. The van der Waals surface area contributed by atoms with Crippen LogP contribution in [0.2, 0.25) is 0 Å². The Labute approximate surface area is 235 Å². The molecule has 0 bridgehead atoms. The first-order chi connectivity index (χ1) is 19.6. The maximum Gasteiger partial charge on any atom is 0.341 e. The molecule has 6 heteroatoms. The van der Waals surface area contributed by atoms with Crippen LogP contribution in [-0.4, -0.2) is 37.3 Å². The first-order valence-electron chi connectivity index (χ1n) is 14.9. The Balaban J connectivity index is 1.51. The summed E-state index contributed by atoms with van der Waals surface area (Å²) in [4.78, 5) is 18.6. The van der Waals surface area contributed by atoms with Crippen molar-refractivity contribution in [3.63, 3.8) is 0 Å². The van der Waals surface area contributed by atoms with E-state index in [2.05, 4.69) is 36.1 Å². The van der Waals surface area contributed by atoms with E-state index in [9.17, 15) is 4.79 Å². The largest absolute Gasteiger partial charge is 0.482 e. The van der Waals surface area contributed by atoms with E-state index in [-0.39, 0.29) is 6.61 Å². The van der Waals surface area contributed by atoms with Crippen LogP contribution < -0.4 is 24.9 Å². The molecule has 0 atom stereocenters. The van der Waals surface area contributed by atoms with Crippen molar-refractivity contribution in [2.75, 3.05) is 31.1 Å². The summed E-state index contributed by atoms with van der Waals surface area (Å²) in [6.07, 6.45) is 9.76. The lowest BCUT2D eigenvalue weighted by Crippen LogP contribution is -2.35. The van der Waals surface area contributed by atoms with Gasteiger partial charge in [-0.3, -0.25) is 4.99 Å². The molecule has 40 heavy (non-hydrogen) atoms. The Morgan fingerprint density at radius 3 is 2.62 bits per heavy atom. The second-order valence-corrected chi connectivity index (χ2v) is 11.4. The average Bonchev–Trinajstić information content (AvgIpc) is 2.98. The molecular weight excluding hydrogens is 500 g/mol. The van der Waals surface area contributed by atoms with E-state index in [0.29, 0.717) is 5.75 Å². The second kappa shape index (κ2) is 10.3. The molecule has 206 valence electrons. The Kier molecular flexibility index (Phi) is 6.49. The van der Waals surface area contributed by atoms with Gasteiger partial charge in [0.25, 0.3) is 0 Å². The molecule has 6 nitrogen and oxygen atoms in total. The fraction of sp³-hybridized carbons (Fsp3) is 0.412. The van der Waals surface area contributed by atoms with Crippen molar-refractivity contribution >= 4 is 17.2 Å². The number of ether oxygens (including phenoxy) is 2. The first kappa shape index (κ1) is 25.2. The Hall–Kier alpha value is -3.80. The van der Waals surface area contributed by atoms with Crippen LogP contribution in [0.25, 0.3) is 5.57 Å². The van der Waals surface area contributed by atoms with Gasteiger partial charge in [0, 0.05) is 52.8 Å². The zero-order valence-electron chi connectivity index (χ0n) is 23.2. The second-order valence-electron chi connectivity index (χ2n) is 11.4. The van der Waals surface area contributed by atoms with Crippen LogP contribution in [0.3, 0.4) is 0 Å². The molecule has 3 aromatic rings. The van der Waals surface area contributed by atoms with Crippen LogP contribution in [0.4, 0.5) is 5.69 Å². The minimum absolute atomic E-state index is 0.349. The summed E-state index contributed by atoms with van der Waals surface area (Å²) in [7, 11) is 0. The lowest BCUT2D eigenvalue weighted by atomic mass is 9.83. The SMILES string of the molecule is CCCCc1c2c(cc3c1=NCCC3)=C(c1ccc(OCC(=O)O)cc1)c1cc3c4c(c1O2)CCCN4CCC3. The smallest absolute Gasteiger partial charge is 0.341 e. The quantitative estimate of drug-likeness (QED) is 0.356. The molecule has 0 aromatic heterocycles. The van der Waals surface area contributed by atoms with Gasteiger partial charge >= 0.3 is 5.97 Å². The van der Waals surface area contributed by atoms with Gasteiger partial charge in [-0.05, 0) is 92.3 Å². The lowest BCUT2D eigenvalue weighted by molar-refractivity contribution is -0.139. The summed E-state index contributed by atoms with van der Waals surface area (Å²) in [5.41, 5.74) is 10.3. The number of carbonyl (C=O) groups is 1. The zero-order valence-corrected chi connectivity index (χ0v) is 23.2. The van der Waals surface area contributed by atoms with E-state index in [0.717, 1.165) is 98.6 Å². The van der Waals surface area contributed by atoms with Gasteiger partial charge in [-0.15, -0.1) is 0 Å². The maximum absolute atomic E-state index is 11.0. The van der Waals surface area contributed by atoms with E-state index < -0.39 is 5.97 Å². The molecule has 4 heterocycles. The molecule has 4 aliphatic rings. The Morgan fingerprint density at radius 1 is 1.02 bits per heavy atom. The number of hydrogen-bond donors (Lipinski definition) is 1. The number of carboxylic acids is 1. The molecule has 0 amide bonds. The van der Waals surface area contributed by atoms with Gasteiger partial charge in [-0.1, -0.05) is 25.5 Å². The number of benzene rings is 3. The molecule has 0 aliphatic carbocycles. The van der Waals surface area contributed by atoms with Crippen molar-refractivity contribution in [2.24, 2.45) is 4.99 Å². The maximum atomic E-state index is 11.0. The van der Waals surface area contributed by atoms with Crippen LogP contribution >= 0.6 is 0 Å². The number of anilines is 1. The predicted octanol–water partition coefficient (Wildman–Crippen LogP) is 5.11. The van der Waals surface area contributed by atoms with E-state index in [1.54, 1.807) is 0 Å². The highest BCUT2D eigenvalue weighted by Crippen LogP contribution is 2.48. The monoisotopic (exact) mass is 536 g/mol. The van der Waals surface area contributed by atoms with Crippen molar-refractivity contribution < 1.29 is 19.4 Å². The topological polar surface area (TPSA) is 71.4 Å². The summed E-state index contributed by atoms with van der Waals surface area (Å²) < 4.78 is 12.6. The number of unbranched alkanes of at least 4 members (excludes halogenated alkanes) is 1. The summed E-state index contributed by atoms with van der Waals surface area (Å²) in [5, 5.41) is 11.4. The summed E-state index contributed by atoms with van der Waals surface area (Å²) >= 11 is 0. The number of hydrogen-bond acceptors (Lipinski definition) is 5. The third kappa shape index (κ3) is 4.25. The van der Waals surface area contributed by atoms with Crippen molar-refractivity contribution in [1.82, 2.24) is 0 Å². The third-order valence-corrected chi connectivity index (χ3v) is 8.80. The molecule has 0 radical (unpaired) electrons. The van der Waals surface area contributed by atoms with E-state index in [1.807, 2.05) is 12.1 Å². The average molecular weight is 537 g/mol. The van der Waals surface area contributed by atoms with Crippen LogP contribution in [0.15, 0.2) is 41.4 Å². The number of aliphatic carboxylic acids is 1. The summed E-state index contributed by atoms with van der Waals surface area (Å²) in [5.74, 6) is 1.58. The third-order valence-electron chi connectivity index (χ3n) is 8.80. The standard InChI is InChI=1S/C34H36N2O4/c1-2-3-9-25-31-22(7-4-15-35-31)18-27-30(21-11-13-24(14-12-21)39-20-29(37)38)28-19-23-8-5-16-36-17-6-10-26(32(23)36)34(28)40-33(25)27/h11-14,18-19H,2-10,15-17,20H2,1H3,(H,37,38). The zero-order chi connectivity index (χ0) is 27.2. The molecule has 0 saturated carbocycles. The van der Waals surface area contributed by atoms with Gasteiger partial charge in [-0.25, -0.2) is 4.79 Å².